The number of hydrogen-bond donors (Lipinski definition) is 2. The summed E-state index contributed by atoms with van der Waals surface area (Å²) < 4.78 is 0. The van der Waals surface area contributed by atoms with Crippen molar-refractivity contribution in [3.05, 3.63) is 35.9 Å². The molecule has 3 amide bonds. The molecule has 6 nitrogen and oxygen atoms in total. The Morgan fingerprint density at radius 1 is 1.03 bits per heavy atom. The fourth-order valence-electron chi connectivity index (χ4n) is 3.78. The summed E-state index contributed by atoms with van der Waals surface area (Å²) >= 11 is 0. The molecule has 1 aromatic rings. The molecule has 1 aliphatic heterocycles. The third-order valence-electron chi connectivity index (χ3n) is 5.57. The van der Waals surface area contributed by atoms with Crippen LogP contribution in [0, 0.1) is 11.3 Å². The SMILES string of the molecule is CC(C)(C)CC(=O)N1CCC(C(NC(=O)c2ccccc2)C(=O)NC2CC2)CC1. The van der Waals surface area contributed by atoms with Crippen LogP contribution in [-0.2, 0) is 9.59 Å². The topological polar surface area (TPSA) is 78.5 Å². The summed E-state index contributed by atoms with van der Waals surface area (Å²) in [5, 5.41) is 6.00. The van der Waals surface area contributed by atoms with Gasteiger partial charge in [0.25, 0.3) is 5.91 Å². The van der Waals surface area contributed by atoms with Crippen LogP contribution in [-0.4, -0.2) is 47.8 Å². The molecule has 3 rings (SSSR count). The van der Waals surface area contributed by atoms with Crippen LogP contribution in [0.15, 0.2) is 30.3 Å². The summed E-state index contributed by atoms with van der Waals surface area (Å²) in [5.41, 5.74) is 0.513. The third kappa shape index (κ3) is 6.31. The summed E-state index contributed by atoms with van der Waals surface area (Å²) in [6.45, 7) is 7.46. The van der Waals surface area contributed by atoms with E-state index in [0.717, 1.165) is 12.8 Å². The van der Waals surface area contributed by atoms with Crippen LogP contribution < -0.4 is 10.6 Å². The number of hydrogen-bond acceptors (Lipinski definition) is 3. The van der Waals surface area contributed by atoms with Gasteiger partial charge in [-0.2, -0.15) is 0 Å². The van der Waals surface area contributed by atoms with Gasteiger partial charge in [0.1, 0.15) is 6.04 Å². The summed E-state index contributed by atoms with van der Waals surface area (Å²) in [5.74, 6) is -0.132. The van der Waals surface area contributed by atoms with Crippen LogP contribution in [0.5, 0.6) is 0 Å². The first-order valence-corrected chi connectivity index (χ1v) is 10.7. The fourth-order valence-corrected chi connectivity index (χ4v) is 3.78. The van der Waals surface area contributed by atoms with E-state index in [1.807, 2.05) is 23.1 Å². The van der Waals surface area contributed by atoms with E-state index in [1.54, 1.807) is 12.1 Å². The van der Waals surface area contributed by atoms with Crippen LogP contribution in [0.1, 0.15) is 63.2 Å². The lowest BCUT2D eigenvalue weighted by atomic mass is 9.87. The molecule has 0 bridgehead atoms. The van der Waals surface area contributed by atoms with Gasteiger partial charge in [0.2, 0.25) is 11.8 Å². The molecule has 2 aliphatic rings. The molecular formula is C23H33N3O3. The van der Waals surface area contributed by atoms with Gasteiger partial charge in [-0.05, 0) is 49.1 Å². The predicted molar refractivity (Wildman–Crippen MR) is 112 cm³/mol. The first-order chi connectivity index (χ1) is 13.7. The Morgan fingerprint density at radius 2 is 1.66 bits per heavy atom. The van der Waals surface area contributed by atoms with Gasteiger partial charge in [-0.25, -0.2) is 0 Å². The van der Waals surface area contributed by atoms with Crippen LogP contribution in [0.2, 0.25) is 0 Å². The van der Waals surface area contributed by atoms with E-state index in [-0.39, 0.29) is 35.1 Å². The maximum Gasteiger partial charge on any atom is 0.251 e. The lowest BCUT2D eigenvalue weighted by Crippen LogP contribution is -2.54. The molecular weight excluding hydrogens is 366 g/mol. The minimum absolute atomic E-state index is 0.0279. The van der Waals surface area contributed by atoms with E-state index >= 15 is 0 Å². The van der Waals surface area contributed by atoms with Gasteiger partial charge < -0.3 is 15.5 Å². The lowest BCUT2D eigenvalue weighted by molar-refractivity contribution is -0.134. The Balaban J connectivity index is 1.63. The van der Waals surface area contributed by atoms with E-state index < -0.39 is 6.04 Å². The lowest BCUT2D eigenvalue weighted by Gasteiger charge is -2.36. The number of piperidine rings is 1. The van der Waals surface area contributed by atoms with Crippen LogP contribution in [0.4, 0.5) is 0 Å². The quantitative estimate of drug-likeness (QED) is 0.772. The van der Waals surface area contributed by atoms with Gasteiger partial charge in [0.05, 0.1) is 0 Å². The highest BCUT2D eigenvalue weighted by atomic mass is 16.2. The highest BCUT2D eigenvalue weighted by molar-refractivity contribution is 5.97. The van der Waals surface area contributed by atoms with Crippen LogP contribution in [0.3, 0.4) is 0 Å². The molecule has 1 saturated heterocycles. The Morgan fingerprint density at radius 3 is 2.21 bits per heavy atom. The smallest absolute Gasteiger partial charge is 0.251 e. The first kappa shape index (κ1) is 21.3. The van der Waals surface area contributed by atoms with E-state index in [9.17, 15) is 14.4 Å². The van der Waals surface area contributed by atoms with Crippen molar-refractivity contribution in [3.63, 3.8) is 0 Å². The molecule has 0 aromatic heterocycles. The second kappa shape index (κ2) is 8.97. The maximum absolute atomic E-state index is 12.9. The van der Waals surface area contributed by atoms with Crippen molar-refractivity contribution >= 4 is 17.7 Å². The Labute approximate surface area is 173 Å². The highest BCUT2D eigenvalue weighted by Gasteiger charge is 2.36. The Hall–Kier alpha value is -2.37. The molecule has 2 N–H and O–H groups in total. The first-order valence-electron chi connectivity index (χ1n) is 10.7. The zero-order valence-electron chi connectivity index (χ0n) is 17.7. The number of amides is 3. The molecule has 1 atom stereocenters. The number of rotatable bonds is 6. The summed E-state index contributed by atoms with van der Waals surface area (Å²) in [6.07, 6.45) is 3.96. The minimum Gasteiger partial charge on any atom is -0.352 e. The van der Waals surface area contributed by atoms with Crippen molar-refractivity contribution < 1.29 is 14.4 Å². The molecule has 6 heteroatoms. The average Bonchev–Trinajstić information content (AvgIpc) is 3.49. The predicted octanol–water partition coefficient (Wildman–Crippen LogP) is 2.74. The molecule has 1 saturated carbocycles. The van der Waals surface area contributed by atoms with Gasteiger partial charge in [-0.15, -0.1) is 0 Å². The number of nitrogens with zero attached hydrogens (tertiary/aromatic N) is 1. The molecule has 0 radical (unpaired) electrons. The number of nitrogens with one attached hydrogen (secondary N) is 2. The Kier molecular flexibility index (Phi) is 6.60. The largest absolute Gasteiger partial charge is 0.352 e. The number of benzene rings is 1. The zero-order valence-corrected chi connectivity index (χ0v) is 17.7. The Bertz CT molecular complexity index is 729. The van der Waals surface area contributed by atoms with E-state index in [2.05, 4.69) is 31.4 Å². The summed E-state index contributed by atoms with van der Waals surface area (Å²) in [7, 11) is 0. The number of likely N-dealkylation sites (tertiary alicyclic amines) is 1. The third-order valence-corrected chi connectivity index (χ3v) is 5.57. The molecule has 1 aromatic carbocycles. The fraction of sp³-hybridized carbons (Fsp3) is 0.609. The summed E-state index contributed by atoms with van der Waals surface area (Å²) in [6, 6.07) is 8.66. The molecule has 1 heterocycles. The molecule has 1 unspecified atom stereocenters. The zero-order chi connectivity index (χ0) is 21.0. The van der Waals surface area contributed by atoms with Gasteiger partial charge in [0.15, 0.2) is 0 Å². The molecule has 29 heavy (non-hydrogen) atoms. The van der Waals surface area contributed by atoms with Gasteiger partial charge in [-0.1, -0.05) is 39.0 Å². The highest BCUT2D eigenvalue weighted by Crippen LogP contribution is 2.26. The van der Waals surface area contributed by atoms with E-state index in [1.165, 1.54) is 0 Å². The maximum atomic E-state index is 12.9. The van der Waals surface area contributed by atoms with Gasteiger partial charge >= 0.3 is 0 Å². The second-order valence-corrected chi connectivity index (χ2v) is 9.56. The van der Waals surface area contributed by atoms with E-state index in [0.29, 0.717) is 37.9 Å². The van der Waals surface area contributed by atoms with Crippen molar-refractivity contribution in [2.24, 2.45) is 11.3 Å². The van der Waals surface area contributed by atoms with Crippen molar-refractivity contribution in [2.45, 2.75) is 65.0 Å². The van der Waals surface area contributed by atoms with Crippen LogP contribution >= 0.6 is 0 Å². The second-order valence-electron chi connectivity index (χ2n) is 9.56. The monoisotopic (exact) mass is 399 g/mol. The van der Waals surface area contributed by atoms with Crippen molar-refractivity contribution in [1.29, 1.82) is 0 Å². The van der Waals surface area contributed by atoms with Crippen molar-refractivity contribution in [2.75, 3.05) is 13.1 Å². The number of carbonyl (C=O) groups excluding carboxylic acids is 3. The average molecular weight is 400 g/mol. The molecule has 1 aliphatic carbocycles. The normalized spacial score (nSPS) is 18.8. The molecule has 0 spiro atoms. The van der Waals surface area contributed by atoms with Crippen molar-refractivity contribution in [1.82, 2.24) is 15.5 Å². The van der Waals surface area contributed by atoms with E-state index in [4.69, 9.17) is 0 Å². The number of carbonyl (C=O) groups is 3. The molecule has 158 valence electrons. The van der Waals surface area contributed by atoms with Gasteiger partial charge in [0, 0.05) is 31.1 Å². The van der Waals surface area contributed by atoms with Crippen LogP contribution in [0.25, 0.3) is 0 Å². The molecule has 2 fully saturated rings. The standard InChI is InChI=1S/C23H33N3O3/c1-23(2,3)15-19(27)26-13-11-16(12-14-26)20(22(29)24-18-9-10-18)25-21(28)17-7-5-4-6-8-17/h4-8,16,18,20H,9-15H2,1-3H3,(H,24,29)(H,25,28). The summed E-state index contributed by atoms with van der Waals surface area (Å²) in [4.78, 5) is 40.0. The van der Waals surface area contributed by atoms with Crippen molar-refractivity contribution in [3.8, 4) is 0 Å². The van der Waals surface area contributed by atoms with Gasteiger partial charge in [-0.3, -0.25) is 14.4 Å². The minimum atomic E-state index is -0.567.